The largest absolute Gasteiger partial charge is 0.399 e. The van der Waals surface area contributed by atoms with Crippen LogP contribution in [0.5, 0.6) is 0 Å². The molecule has 1 aromatic rings. The van der Waals surface area contributed by atoms with Crippen LogP contribution in [-0.2, 0) is 10.0 Å². The summed E-state index contributed by atoms with van der Waals surface area (Å²) in [6, 6.07) is 6.31. The van der Waals surface area contributed by atoms with E-state index in [0.29, 0.717) is 18.8 Å². The van der Waals surface area contributed by atoms with Crippen molar-refractivity contribution >= 4 is 15.7 Å². The lowest BCUT2D eigenvalue weighted by Crippen LogP contribution is -2.40. The van der Waals surface area contributed by atoms with Gasteiger partial charge in [0, 0.05) is 25.4 Å². The molecule has 6 heteroatoms. The maximum Gasteiger partial charge on any atom is 0.243 e. The van der Waals surface area contributed by atoms with Crippen molar-refractivity contribution in [1.29, 1.82) is 0 Å². The zero-order chi connectivity index (χ0) is 13.2. The minimum Gasteiger partial charge on any atom is -0.399 e. The Morgan fingerprint density at radius 2 is 2.22 bits per heavy atom. The fraction of sp³-hybridized carbons (Fsp3) is 0.500. The van der Waals surface area contributed by atoms with E-state index in [1.165, 1.54) is 10.4 Å². The van der Waals surface area contributed by atoms with Crippen molar-refractivity contribution in [3.63, 3.8) is 0 Å². The van der Waals surface area contributed by atoms with Crippen LogP contribution in [0.4, 0.5) is 5.69 Å². The van der Waals surface area contributed by atoms with Crippen LogP contribution in [0.2, 0.25) is 0 Å². The van der Waals surface area contributed by atoms with Crippen molar-refractivity contribution in [3.05, 3.63) is 24.3 Å². The predicted molar refractivity (Wildman–Crippen MR) is 69.4 cm³/mol. The second-order valence-corrected chi connectivity index (χ2v) is 6.56. The number of piperidine rings is 1. The molecule has 18 heavy (non-hydrogen) atoms. The Morgan fingerprint density at radius 3 is 2.89 bits per heavy atom. The van der Waals surface area contributed by atoms with Crippen LogP contribution in [0.15, 0.2) is 29.2 Å². The SMILES string of the molecule is Nc1cccc(S(=O)(=O)N2CCCC(CO)C2)c1. The highest BCUT2D eigenvalue weighted by Crippen LogP contribution is 2.24. The van der Waals surface area contributed by atoms with Crippen LogP contribution in [0.3, 0.4) is 0 Å². The Morgan fingerprint density at radius 1 is 1.44 bits per heavy atom. The van der Waals surface area contributed by atoms with Crippen LogP contribution in [0.1, 0.15) is 12.8 Å². The van der Waals surface area contributed by atoms with E-state index in [1.807, 2.05) is 0 Å². The molecule has 1 aliphatic heterocycles. The summed E-state index contributed by atoms with van der Waals surface area (Å²) in [6.45, 7) is 0.921. The molecule has 1 unspecified atom stereocenters. The minimum atomic E-state index is -3.49. The average Bonchev–Trinajstić information content (AvgIpc) is 2.39. The van der Waals surface area contributed by atoms with Crippen molar-refractivity contribution in [2.45, 2.75) is 17.7 Å². The number of rotatable bonds is 3. The second kappa shape index (κ2) is 5.26. The standard InChI is InChI=1S/C12H18N2O3S/c13-11-4-1-5-12(7-11)18(16,17)14-6-2-3-10(8-14)9-15/h1,4-5,7,10,15H,2-3,6,8-9,13H2. The first-order chi connectivity index (χ1) is 8.54. The molecule has 0 spiro atoms. The predicted octanol–water partition coefficient (Wildman–Crippen LogP) is 0.662. The van der Waals surface area contributed by atoms with Gasteiger partial charge in [0.15, 0.2) is 0 Å². The first-order valence-corrected chi connectivity index (χ1v) is 7.44. The lowest BCUT2D eigenvalue weighted by molar-refractivity contribution is 0.165. The third kappa shape index (κ3) is 2.66. The number of hydrogen-bond donors (Lipinski definition) is 2. The summed E-state index contributed by atoms with van der Waals surface area (Å²) >= 11 is 0. The number of nitrogen functional groups attached to an aromatic ring is 1. The number of aliphatic hydroxyl groups excluding tert-OH is 1. The number of anilines is 1. The molecular formula is C12H18N2O3S. The summed E-state index contributed by atoms with van der Waals surface area (Å²) in [5.74, 6) is 0.0367. The molecule has 0 aliphatic carbocycles. The van der Waals surface area contributed by atoms with Gasteiger partial charge < -0.3 is 10.8 Å². The molecule has 3 N–H and O–H groups in total. The number of benzene rings is 1. The Balaban J connectivity index is 2.25. The molecule has 1 atom stereocenters. The minimum absolute atomic E-state index is 0.0307. The van der Waals surface area contributed by atoms with Gasteiger partial charge in [-0.05, 0) is 37.0 Å². The van der Waals surface area contributed by atoms with Gasteiger partial charge >= 0.3 is 0 Å². The van der Waals surface area contributed by atoms with Gasteiger partial charge in [-0.3, -0.25) is 0 Å². The van der Waals surface area contributed by atoms with Crippen LogP contribution < -0.4 is 5.73 Å². The van der Waals surface area contributed by atoms with E-state index < -0.39 is 10.0 Å². The maximum atomic E-state index is 12.4. The van der Waals surface area contributed by atoms with Gasteiger partial charge in [-0.15, -0.1) is 0 Å². The van der Waals surface area contributed by atoms with Gasteiger partial charge in [0.2, 0.25) is 10.0 Å². The molecular weight excluding hydrogens is 252 g/mol. The van der Waals surface area contributed by atoms with E-state index in [9.17, 15) is 8.42 Å². The number of nitrogens with zero attached hydrogens (tertiary/aromatic N) is 1. The number of sulfonamides is 1. The van der Waals surface area contributed by atoms with Crippen molar-refractivity contribution in [2.24, 2.45) is 5.92 Å². The number of nitrogens with two attached hydrogens (primary N) is 1. The molecule has 0 radical (unpaired) electrons. The van der Waals surface area contributed by atoms with Crippen molar-refractivity contribution < 1.29 is 13.5 Å². The Kier molecular flexibility index (Phi) is 3.89. The van der Waals surface area contributed by atoms with E-state index in [0.717, 1.165) is 12.8 Å². The second-order valence-electron chi connectivity index (χ2n) is 4.63. The van der Waals surface area contributed by atoms with Crippen LogP contribution in [0, 0.1) is 5.92 Å². The summed E-state index contributed by atoms with van der Waals surface area (Å²) in [6.07, 6.45) is 1.66. The summed E-state index contributed by atoms with van der Waals surface area (Å²) in [5.41, 5.74) is 6.05. The number of hydrogen-bond acceptors (Lipinski definition) is 4. The molecule has 100 valence electrons. The summed E-state index contributed by atoms with van der Waals surface area (Å²) in [4.78, 5) is 0.223. The summed E-state index contributed by atoms with van der Waals surface area (Å²) in [5, 5.41) is 9.15. The lowest BCUT2D eigenvalue weighted by Gasteiger charge is -2.30. The third-order valence-electron chi connectivity index (χ3n) is 3.24. The fourth-order valence-electron chi connectivity index (χ4n) is 2.22. The molecule has 0 saturated carbocycles. The Labute approximate surface area is 107 Å². The van der Waals surface area contributed by atoms with Gasteiger partial charge in [0.05, 0.1) is 4.90 Å². The van der Waals surface area contributed by atoms with Crippen LogP contribution in [-0.4, -0.2) is 37.5 Å². The van der Waals surface area contributed by atoms with Gasteiger partial charge in [-0.2, -0.15) is 4.31 Å². The zero-order valence-corrected chi connectivity index (χ0v) is 10.9. The van der Waals surface area contributed by atoms with Crippen molar-refractivity contribution in [2.75, 3.05) is 25.4 Å². The highest BCUT2D eigenvalue weighted by atomic mass is 32.2. The maximum absolute atomic E-state index is 12.4. The summed E-state index contributed by atoms with van der Waals surface area (Å²) in [7, 11) is -3.49. The molecule has 2 rings (SSSR count). The average molecular weight is 270 g/mol. The molecule has 5 nitrogen and oxygen atoms in total. The van der Waals surface area contributed by atoms with E-state index in [1.54, 1.807) is 18.2 Å². The first kappa shape index (κ1) is 13.3. The van der Waals surface area contributed by atoms with Crippen LogP contribution in [0.25, 0.3) is 0 Å². The van der Waals surface area contributed by atoms with Gasteiger partial charge in [0.1, 0.15) is 0 Å². The third-order valence-corrected chi connectivity index (χ3v) is 5.10. The normalized spacial score (nSPS) is 21.9. The van der Waals surface area contributed by atoms with Gasteiger partial charge in [-0.25, -0.2) is 8.42 Å². The lowest BCUT2D eigenvalue weighted by atomic mass is 10.0. The molecule has 0 aromatic heterocycles. The highest BCUT2D eigenvalue weighted by Gasteiger charge is 2.29. The topological polar surface area (TPSA) is 83.6 Å². The highest BCUT2D eigenvalue weighted by molar-refractivity contribution is 7.89. The summed E-state index contributed by atoms with van der Waals surface area (Å²) < 4.78 is 26.2. The monoisotopic (exact) mass is 270 g/mol. The fourth-order valence-corrected chi connectivity index (χ4v) is 3.83. The molecule has 1 aliphatic rings. The Bertz CT molecular complexity index is 516. The molecule has 1 saturated heterocycles. The van der Waals surface area contributed by atoms with Gasteiger partial charge in [-0.1, -0.05) is 6.07 Å². The molecule has 0 amide bonds. The van der Waals surface area contributed by atoms with Gasteiger partial charge in [0.25, 0.3) is 0 Å². The molecule has 1 heterocycles. The van der Waals surface area contributed by atoms with Crippen LogP contribution >= 0.6 is 0 Å². The van der Waals surface area contributed by atoms with E-state index in [4.69, 9.17) is 10.8 Å². The first-order valence-electron chi connectivity index (χ1n) is 6.00. The van der Waals surface area contributed by atoms with E-state index >= 15 is 0 Å². The van der Waals surface area contributed by atoms with E-state index in [-0.39, 0.29) is 17.4 Å². The molecule has 1 aromatic carbocycles. The quantitative estimate of drug-likeness (QED) is 0.790. The van der Waals surface area contributed by atoms with Crippen molar-refractivity contribution in [1.82, 2.24) is 4.31 Å². The zero-order valence-electron chi connectivity index (χ0n) is 10.1. The number of aliphatic hydroxyl groups is 1. The Hall–Kier alpha value is -1.11. The van der Waals surface area contributed by atoms with E-state index in [2.05, 4.69) is 0 Å². The van der Waals surface area contributed by atoms with Crippen molar-refractivity contribution in [3.8, 4) is 0 Å². The smallest absolute Gasteiger partial charge is 0.243 e. The molecule has 1 fully saturated rings. The molecule has 0 bridgehead atoms.